The molecule has 4 rings (SSSR count). The Balaban J connectivity index is 1.50. The molecule has 26 heavy (non-hydrogen) atoms. The standard InChI is InChI=1S/C17H20N8O/c1-11-15(12-6-4-3-5-7-12)16(24(2)21-11)19-17(26)18-13-8-9-25-14(10-13)20-22-23-25/h3-7,13H,8-10H2,1-2H3,(H2,18,19,26). The molecule has 0 fully saturated rings. The van der Waals surface area contributed by atoms with Crippen molar-refractivity contribution in [2.45, 2.75) is 32.4 Å². The van der Waals surface area contributed by atoms with Crippen molar-refractivity contribution in [3.63, 3.8) is 0 Å². The summed E-state index contributed by atoms with van der Waals surface area (Å²) in [4.78, 5) is 12.6. The van der Waals surface area contributed by atoms with E-state index in [2.05, 4.69) is 31.3 Å². The Morgan fingerprint density at radius 1 is 1.27 bits per heavy atom. The average Bonchev–Trinajstić information content (AvgIpc) is 3.19. The Bertz CT molecular complexity index is 930. The third-order valence-electron chi connectivity index (χ3n) is 4.58. The lowest BCUT2D eigenvalue weighted by Gasteiger charge is -2.22. The molecule has 0 saturated heterocycles. The number of nitrogens with one attached hydrogen (secondary N) is 2. The monoisotopic (exact) mass is 352 g/mol. The van der Waals surface area contributed by atoms with Gasteiger partial charge in [-0.2, -0.15) is 5.10 Å². The van der Waals surface area contributed by atoms with Crippen molar-refractivity contribution < 1.29 is 4.79 Å². The maximum Gasteiger partial charge on any atom is 0.320 e. The number of hydrogen-bond acceptors (Lipinski definition) is 5. The summed E-state index contributed by atoms with van der Waals surface area (Å²) >= 11 is 0. The number of anilines is 1. The summed E-state index contributed by atoms with van der Waals surface area (Å²) in [5.74, 6) is 1.47. The molecule has 1 atom stereocenters. The zero-order valence-corrected chi connectivity index (χ0v) is 14.7. The number of carbonyl (C=O) groups excluding carboxylic acids is 1. The van der Waals surface area contributed by atoms with E-state index in [0.29, 0.717) is 18.8 Å². The fourth-order valence-electron chi connectivity index (χ4n) is 3.35. The van der Waals surface area contributed by atoms with Gasteiger partial charge < -0.3 is 5.32 Å². The van der Waals surface area contributed by atoms with Crippen LogP contribution in [0, 0.1) is 6.92 Å². The highest BCUT2D eigenvalue weighted by atomic mass is 16.2. The first kappa shape index (κ1) is 16.2. The number of benzene rings is 1. The summed E-state index contributed by atoms with van der Waals surface area (Å²) in [6.45, 7) is 2.64. The lowest BCUT2D eigenvalue weighted by molar-refractivity contribution is 0.244. The molecule has 2 N–H and O–H groups in total. The zero-order valence-electron chi connectivity index (χ0n) is 14.7. The topological polar surface area (TPSA) is 103 Å². The number of hydrogen-bond donors (Lipinski definition) is 2. The molecule has 9 heteroatoms. The number of aryl methyl sites for hydroxylation is 3. The third kappa shape index (κ3) is 3.03. The summed E-state index contributed by atoms with van der Waals surface area (Å²) in [5, 5.41) is 22.0. The molecule has 1 aromatic carbocycles. The maximum atomic E-state index is 12.6. The molecule has 2 amide bonds. The highest BCUT2D eigenvalue weighted by Crippen LogP contribution is 2.30. The first-order chi connectivity index (χ1) is 12.6. The second kappa shape index (κ2) is 6.58. The number of urea groups is 1. The molecule has 3 heterocycles. The largest absolute Gasteiger partial charge is 0.335 e. The van der Waals surface area contributed by atoms with Crippen LogP contribution >= 0.6 is 0 Å². The Hall–Kier alpha value is -3.23. The van der Waals surface area contributed by atoms with Gasteiger partial charge in [0, 0.05) is 31.6 Å². The fraction of sp³-hybridized carbons (Fsp3) is 0.353. The van der Waals surface area contributed by atoms with Crippen molar-refractivity contribution in [3.05, 3.63) is 41.9 Å². The zero-order chi connectivity index (χ0) is 18.1. The van der Waals surface area contributed by atoms with E-state index in [0.717, 1.165) is 29.1 Å². The van der Waals surface area contributed by atoms with Crippen molar-refractivity contribution in [2.24, 2.45) is 7.05 Å². The molecular weight excluding hydrogens is 332 g/mol. The second-order valence-electron chi connectivity index (χ2n) is 6.41. The van der Waals surface area contributed by atoms with Gasteiger partial charge in [-0.05, 0) is 29.3 Å². The number of rotatable bonds is 3. The SMILES string of the molecule is Cc1nn(C)c(NC(=O)NC2CCn3nnnc3C2)c1-c1ccccc1. The van der Waals surface area contributed by atoms with Gasteiger partial charge in [-0.25, -0.2) is 9.48 Å². The third-order valence-corrected chi connectivity index (χ3v) is 4.58. The number of nitrogens with zero attached hydrogens (tertiary/aromatic N) is 6. The van der Waals surface area contributed by atoms with Crippen LogP contribution in [0.25, 0.3) is 11.1 Å². The number of amides is 2. The molecule has 3 aromatic rings. The van der Waals surface area contributed by atoms with E-state index in [4.69, 9.17) is 0 Å². The van der Waals surface area contributed by atoms with Crippen LogP contribution in [-0.2, 0) is 20.0 Å². The van der Waals surface area contributed by atoms with Gasteiger partial charge in [-0.3, -0.25) is 10.00 Å². The number of carbonyl (C=O) groups is 1. The highest BCUT2D eigenvalue weighted by Gasteiger charge is 2.23. The highest BCUT2D eigenvalue weighted by molar-refractivity contribution is 5.94. The number of aromatic nitrogens is 6. The van der Waals surface area contributed by atoms with E-state index in [1.54, 1.807) is 9.36 Å². The van der Waals surface area contributed by atoms with Crippen LogP contribution in [0.3, 0.4) is 0 Å². The minimum atomic E-state index is -0.254. The summed E-state index contributed by atoms with van der Waals surface area (Å²) in [6, 6.07) is 9.67. The minimum absolute atomic E-state index is 0.00278. The molecule has 1 unspecified atom stereocenters. The van der Waals surface area contributed by atoms with Gasteiger partial charge in [0.1, 0.15) is 5.82 Å². The normalized spacial score (nSPS) is 16.2. The second-order valence-corrected chi connectivity index (χ2v) is 6.41. The van der Waals surface area contributed by atoms with Crippen molar-refractivity contribution in [3.8, 4) is 11.1 Å². The van der Waals surface area contributed by atoms with E-state index >= 15 is 0 Å². The first-order valence-electron chi connectivity index (χ1n) is 8.53. The summed E-state index contributed by atoms with van der Waals surface area (Å²) < 4.78 is 3.47. The van der Waals surface area contributed by atoms with Crippen LogP contribution in [-0.4, -0.2) is 42.1 Å². The Kier molecular flexibility index (Phi) is 4.11. The van der Waals surface area contributed by atoms with E-state index in [1.807, 2.05) is 44.3 Å². The van der Waals surface area contributed by atoms with Gasteiger partial charge in [-0.1, -0.05) is 30.3 Å². The van der Waals surface area contributed by atoms with Gasteiger partial charge in [0.25, 0.3) is 0 Å². The van der Waals surface area contributed by atoms with E-state index < -0.39 is 0 Å². The molecule has 0 radical (unpaired) electrons. The number of fused-ring (bicyclic) bond motifs is 1. The van der Waals surface area contributed by atoms with Crippen LogP contribution in [0.15, 0.2) is 30.3 Å². The van der Waals surface area contributed by atoms with E-state index in [-0.39, 0.29) is 12.1 Å². The van der Waals surface area contributed by atoms with Crippen LogP contribution < -0.4 is 10.6 Å². The van der Waals surface area contributed by atoms with Crippen LogP contribution in [0.2, 0.25) is 0 Å². The quantitative estimate of drug-likeness (QED) is 0.744. The first-order valence-corrected chi connectivity index (χ1v) is 8.53. The Morgan fingerprint density at radius 2 is 2.08 bits per heavy atom. The molecule has 0 spiro atoms. The van der Waals surface area contributed by atoms with Gasteiger partial charge >= 0.3 is 6.03 Å². The molecular formula is C17H20N8O. The molecule has 2 aromatic heterocycles. The van der Waals surface area contributed by atoms with Crippen molar-refractivity contribution in [2.75, 3.05) is 5.32 Å². The Morgan fingerprint density at radius 3 is 2.88 bits per heavy atom. The van der Waals surface area contributed by atoms with E-state index in [1.165, 1.54) is 0 Å². The van der Waals surface area contributed by atoms with Crippen LogP contribution in [0.5, 0.6) is 0 Å². The van der Waals surface area contributed by atoms with E-state index in [9.17, 15) is 4.79 Å². The van der Waals surface area contributed by atoms with Gasteiger partial charge in [0.2, 0.25) is 0 Å². The van der Waals surface area contributed by atoms with Crippen LogP contribution in [0.4, 0.5) is 10.6 Å². The Labute approximate surface area is 150 Å². The van der Waals surface area contributed by atoms with Gasteiger partial charge in [-0.15, -0.1) is 5.10 Å². The lowest BCUT2D eigenvalue weighted by atomic mass is 10.1. The molecule has 134 valence electrons. The molecule has 9 nitrogen and oxygen atoms in total. The van der Waals surface area contributed by atoms with Gasteiger partial charge in [0.15, 0.2) is 5.82 Å². The van der Waals surface area contributed by atoms with Gasteiger partial charge in [0.05, 0.1) is 5.69 Å². The van der Waals surface area contributed by atoms with Crippen molar-refractivity contribution >= 4 is 11.8 Å². The molecule has 0 saturated carbocycles. The predicted molar refractivity (Wildman–Crippen MR) is 95.5 cm³/mol. The van der Waals surface area contributed by atoms with Crippen molar-refractivity contribution in [1.82, 2.24) is 35.3 Å². The summed E-state index contributed by atoms with van der Waals surface area (Å²) in [6.07, 6.45) is 1.41. The smallest absolute Gasteiger partial charge is 0.320 e. The van der Waals surface area contributed by atoms with Crippen molar-refractivity contribution in [1.29, 1.82) is 0 Å². The molecule has 1 aliphatic rings. The maximum absolute atomic E-state index is 12.6. The summed E-state index contributed by atoms with van der Waals surface area (Å²) in [5.41, 5.74) is 2.81. The molecule has 0 bridgehead atoms. The predicted octanol–water partition coefficient (Wildman–Crippen LogP) is 1.52. The average molecular weight is 352 g/mol. The fourth-order valence-corrected chi connectivity index (χ4v) is 3.35. The lowest BCUT2D eigenvalue weighted by Crippen LogP contribution is -2.42. The molecule has 1 aliphatic heterocycles. The van der Waals surface area contributed by atoms with Crippen LogP contribution in [0.1, 0.15) is 17.9 Å². The summed E-state index contributed by atoms with van der Waals surface area (Å²) in [7, 11) is 1.82. The number of tetrazole rings is 1. The molecule has 0 aliphatic carbocycles. The minimum Gasteiger partial charge on any atom is -0.335 e.